The molecule has 0 atom stereocenters. The number of nitrogens with two attached hydrogens (primary N) is 1. The van der Waals surface area contributed by atoms with E-state index in [2.05, 4.69) is 15.9 Å². The van der Waals surface area contributed by atoms with Crippen molar-refractivity contribution in [3.8, 4) is 11.5 Å². The van der Waals surface area contributed by atoms with Crippen molar-refractivity contribution in [2.75, 3.05) is 20.8 Å². The van der Waals surface area contributed by atoms with Crippen LogP contribution in [0.1, 0.15) is 16.8 Å². The van der Waals surface area contributed by atoms with Crippen molar-refractivity contribution >= 4 is 21.7 Å². The van der Waals surface area contributed by atoms with Crippen LogP contribution in [0.4, 0.5) is 0 Å². The van der Waals surface area contributed by atoms with Crippen LogP contribution >= 0.6 is 15.9 Å². The molecule has 0 aromatic heterocycles. The Morgan fingerprint density at radius 1 is 1.38 bits per heavy atom. The van der Waals surface area contributed by atoms with E-state index in [1.54, 1.807) is 12.1 Å². The summed E-state index contributed by atoms with van der Waals surface area (Å²) in [6, 6.07) is 3.49. The van der Waals surface area contributed by atoms with Gasteiger partial charge in [-0.15, -0.1) is 0 Å². The number of Topliss-reactive ketones (excluding diaryl/α,β-unsaturated/α-hetero) is 1. The SMILES string of the molecule is COc1ccc(Br)c(C(=O)CCN)c1OC. The van der Waals surface area contributed by atoms with Crippen LogP contribution in [0.2, 0.25) is 0 Å². The molecule has 0 bridgehead atoms. The van der Waals surface area contributed by atoms with E-state index in [1.165, 1.54) is 14.2 Å². The van der Waals surface area contributed by atoms with Gasteiger partial charge in [-0.3, -0.25) is 4.79 Å². The first-order valence-corrected chi connectivity index (χ1v) is 5.58. The summed E-state index contributed by atoms with van der Waals surface area (Å²) in [7, 11) is 3.03. The van der Waals surface area contributed by atoms with Gasteiger partial charge in [-0.25, -0.2) is 0 Å². The fraction of sp³-hybridized carbons (Fsp3) is 0.364. The van der Waals surface area contributed by atoms with Crippen LogP contribution in [0.25, 0.3) is 0 Å². The molecule has 0 fully saturated rings. The first-order chi connectivity index (χ1) is 7.65. The summed E-state index contributed by atoms with van der Waals surface area (Å²) in [4.78, 5) is 11.9. The molecule has 88 valence electrons. The molecular weight excluding hydrogens is 274 g/mol. The van der Waals surface area contributed by atoms with Crippen molar-refractivity contribution in [1.82, 2.24) is 0 Å². The number of ketones is 1. The molecule has 0 saturated heterocycles. The van der Waals surface area contributed by atoms with Gasteiger partial charge in [0.2, 0.25) is 0 Å². The average molecular weight is 288 g/mol. The fourth-order valence-corrected chi connectivity index (χ4v) is 1.95. The molecule has 1 aromatic carbocycles. The van der Waals surface area contributed by atoms with Crippen LogP contribution in [0.15, 0.2) is 16.6 Å². The maximum atomic E-state index is 11.9. The van der Waals surface area contributed by atoms with Gasteiger partial charge in [-0.1, -0.05) is 0 Å². The molecule has 0 radical (unpaired) electrons. The van der Waals surface area contributed by atoms with Crippen molar-refractivity contribution in [1.29, 1.82) is 0 Å². The largest absolute Gasteiger partial charge is 0.493 e. The Balaban J connectivity index is 3.28. The van der Waals surface area contributed by atoms with Crippen molar-refractivity contribution in [2.24, 2.45) is 5.73 Å². The summed E-state index contributed by atoms with van der Waals surface area (Å²) >= 11 is 3.32. The third-order valence-corrected chi connectivity index (χ3v) is 2.81. The second kappa shape index (κ2) is 5.86. The van der Waals surface area contributed by atoms with E-state index < -0.39 is 0 Å². The molecule has 0 saturated carbocycles. The van der Waals surface area contributed by atoms with Gasteiger partial charge in [0.05, 0.1) is 19.8 Å². The molecule has 0 heterocycles. The van der Waals surface area contributed by atoms with E-state index in [1.807, 2.05) is 0 Å². The lowest BCUT2D eigenvalue weighted by Gasteiger charge is -2.13. The molecule has 0 amide bonds. The molecule has 0 aliphatic carbocycles. The second-order valence-electron chi connectivity index (χ2n) is 3.12. The third kappa shape index (κ3) is 2.54. The number of benzene rings is 1. The first-order valence-electron chi connectivity index (χ1n) is 4.79. The highest BCUT2D eigenvalue weighted by molar-refractivity contribution is 9.10. The smallest absolute Gasteiger partial charge is 0.172 e. The summed E-state index contributed by atoms with van der Waals surface area (Å²) in [5, 5.41) is 0. The quantitative estimate of drug-likeness (QED) is 0.842. The van der Waals surface area contributed by atoms with E-state index in [9.17, 15) is 4.79 Å². The lowest BCUT2D eigenvalue weighted by Crippen LogP contribution is -2.10. The zero-order chi connectivity index (χ0) is 12.1. The van der Waals surface area contributed by atoms with Crippen molar-refractivity contribution in [3.05, 3.63) is 22.2 Å². The molecule has 0 aliphatic rings. The molecule has 5 heteroatoms. The number of carbonyl (C=O) groups excluding carboxylic acids is 1. The summed E-state index contributed by atoms with van der Waals surface area (Å²) in [6.07, 6.45) is 0.280. The van der Waals surface area contributed by atoms with E-state index in [-0.39, 0.29) is 12.2 Å². The maximum Gasteiger partial charge on any atom is 0.172 e. The topological polar surface area (TPSA) is 61.5 Å². The van der Waals surface area contributed by atoms with Gasteiger partial charge < -0.3 is 15.2 Å². The summed E-state index contributed by atoms with van der Waals surface area (Å²) < 4.78 is 11.0. The van der Waals surface area contributed by atoms with E-state index in [4.69, 9.17) is 15.2 Å². The summed E-state index contributed by atoms with van der Waals surface area (Å²) in [5.74, 6) is 0.909. The minimum absolute atomic E-state index is 0.0647. The standard InChI is InChI=1S/C11H14BrNO3/c1-15-9-4-3-7(12)10(11(9)16-2)8(14)5-6-13/h3-4H,5-6,13H2,1-2H3. The zero-order valence-corrected chi connectivity index (χ0v) is 10.8. The van der Waals surface area contributed by atoms with Gasteiger partial charge in [-0.2, -0.15) is 0 Å². The van der Waals surface area contributed by atoms with Gasteiger partial charge in [0, 0.05) is 10.9 Å². The van der Waals surface area contributed by atoms with Gasteiger partial charge in [0.25, 0.3) is 0 Å². The number of hydrogen-bond donors (Lipinski definition) is 1. The molecule has 2 N–H and O–H groups in total. The van der Waals surface area contributed by atoms with Crippen molar-refractivity contribution in [2.45, 2.75) is 6.42 Å². The highest BCUT2D eigenvalue weighted by Gasteiger charge is 2.19. The summed E-state index contributed by atoms with van der Waals surface area (Å²) in [5.41, 5.74) is 5.85. The highest BCUT2D eigenvalue weighted by atomic mass is 79.9. The van der Waals surface area contributed by atoms with Crippen LogP contribution in [0.5, 0.6) is 11.5 Å². The van der Waals surface area contributed by atoms with E-state index in [0.29, 0.717) is 28.1 Å². The predicted molar refractivity (Wildman–Crippen MR) is 65.2 cm³/mol. The minimum Gasteiger partial charge on any atom is -0.493 e. The van der Waals surface area contributed by atoms with E-state index in [0.717, 1.165) is 0 Å². The van der Waals surface area contributed by atoms with Crippen molar-refractivity contribution < 1.29 is 14.3 Å². The number of hydrogen-bond acceptors (Lipinski definition) is 4. The van der Waals surface area contributed by atoms with Crippen LogP contribution in [0.3, 0.4) is 0 Å². The molecule has 4 nitrogen and oxygen atoms in total. The number of rotatable bonds is 5. The van der Waals surface area contributed by atoms with Gasteiger partial charge >= 0.3 is 0 Å². The predicted octanol–water partition coefficient (Wildman–Crippen LogP) is 2.00. The molecule has 0 aliphatic heterocycles. The zero-order valence-electron chi connectivity index (χ0n) is 9.25. The Hall–Kier alpha value is -1.07. The Morgan fingerprint density at radius 3 is 2.56 bits per heavy atom. The van der Waals surface area contributed by atoms with Crippen LogP contribution < -0.4 is 15.2 Å². The van der Waals surface area contributed by atoms with Gasteiger partial charge in [-0.05, 0) is 34.6 Å². The Bertz CT molecular complexity index is 393. The lowest BCUT2D eigenvalue weighted by molar-refractivity contribution is 0.0981. The lowest BCUT2D eigenvalue weighted by atomic mass is 10.1. The van der Waals surface area contributed by atoms with Crippen LogP contribution in [-0.2, 0) is 0 Å². The normalized spacial score (nSPS) is 10.0. The van der Waals surface area contributed by atoms with Crippen LogP contribution in [-0.4, -0.2) is 26.5 Å². The molecule has 1 aromatic rings. The minimum atomic E-state index is -0.0647. The van der Waals surface area contributed by atoms with E-state index >= 15 is 0 Å². The van der Waals surface area contributed by atoms with Crippen molar-refractivity contribution in [3.63, 3.8) is 0 Å². The number of ether oxygens (including phenoxy) is 2. The second-order valence-corrected chi connectivity index (χ2v) is 3.97. The number of halogens is 1. The monoisotopic (exact) mass is 287 g/mol. The Labute approximate surface area is 103 Å². The Kier molecular flexibility index (Phi) is 4.76. The number of carbonyl (C=O) groups is 1. The van der Waals surface area contributed by atoms with Gasteiger partial charge in [0.1, 0.15) is 0 Å². The molecular formula is C11H14BrNO3. The fourth-order valence-electron chi connectivity index (χ4n) is 1.42. The first kappa shape index (κ1) is 13.0. The van der Waals surface area contributed by atoms with Gasteiger partial charge in [0.15, 0.2) is 17.3 Å². The van der Waals surface area contributed by atoms with Crippen LogP contribution in [0, 0.1) is 0 Å². The molecule has 16 heavy (non-hydrogen) atoms. The Morgan fingerprint density at radius 2 is 2.06 bits per heavy atom. The molecule has 0 spiro atoms. The average Bonchev–Trinajstić information content (AvgIpc) is 2.28. The molecule has 0 unspecified atom stereocenters. The maximum absolute atomic E-state index is 11.9. The molecule has 1 rings (SSSR count). The highest BCUT2D eigenvalue weighted by Crippen LogP contribution is 2.36. The third-order valence-electron chi connectivity index (χ3n) is 2.14. The summed E-state index contributed by atoms with van der Waals surface area (Å²) in [6.45, 7) is 0.311. The number of methoxy groups -OCH3 is 2.